The Morgan fingerprint density at radius 3 is 2.50 bits per heavy atom. The van der Waals surface area contributed by atoms with Crippen molar-refractivity contribution in [3.8, 4) is 5.69 Å². The number of nitrogens with one attached hydrogen (secondary N) is 2. The fraction of sp³-hybridized carbons (Fsp3) is 0.353. The zero-order valence-corrected chi connectivity index (χ0v) is 15.0. The topological polar surface area (TPSA) is 126 Å². The van der Waals surface area contributed by atoms with Crippen LogP contribution in [0.3, 0.4) is 0 Å². The Bertz CT molecular complexity index is 838. The summed E-state index contributed by atoms with van der Waals surface area (Å²) in [6, 6.07) is 5.97. The van der Waals surface area contributed by atoms with Crippen molar-refractivity contribution in [3.05, 3.63) is 36.2 Å². The minimum absolute atomic E-state index is 0.182. The molecule has 0 aliphatic heterocycles. The summed E-state index contributed by atoms with van der Waals surface area (Å²) in [6.45, 7) is 6.89. The van der Waals surface area contributed by atoms with Crippen LogP contribution in [0.2, 0.25) is 0 Å². The highest BCUT2D eigenvalue weighted by Gasteiger charge is 2.25. The number of carboxylic acids is 1. The lowest BCUT2D eigenvalue weighted by atomic mass is 9.95. The van der Waals surface area contributed by atoms with E-state index in [1.807, 2.05) is 0 Å². The van der Waals surface area contributed by atoms with Crippen LogP contribution in [0.4, 0.5) is 5.69 Å². The number of hydrogen-bond acceptors (Lipinski definition) is 5. The molecule has 9 nitrogen and oxygen atoms in total. The maximum atomic E-state index is 12.3. The van der Waals surface area contributed by atoms with Crippen molar-refractivity contribution in [3.63, 3.8) is 0 Å². The van der Waals surface area contributed by atoms with Crippen molar-refractivity contribution in [2.45, 2.75) is 33.7 Å². The van der Waals surface area contributed by atoms with E-state index in [0.29, 0.717) is 11.4 Å². The normalized spacial score (nSPS) is 12.3. The number of rotatable bonds is 5. The zero-order chi connectivity index (χ0) is 19.5. The van der Waals surface area contributed by atoms with Gasteiger partial charge in [0.05, 0.1) is 11.9 Å². The molecule has 26 heavy (non-hydrogen) atoms. The highest BCUT2D eigenvalue weighted by Crippen LogP contribution is 2.16. The van der Waals surface area contributed by atoms with E-state index in [0.717, 1.165) is 0 Å². The van der Waals surface area contributed by atoms with Crippen LogP contribution in [-0.4, -0.2) is 43.9 Å². The fourth-order valence-electron chi connectivity index (χ4n) is 1.94. The monoisotopic (exact) mass is 359 g/mol. The van der Waals surface area contributed by atoms with Gasteiger partial charge in [-0.3, -0.25) is 9.59 Å². The molecular formula is C17H21N5O4. The van der Waals surface area contributed by atoms with Gasteiger partial charge in [0.1, 0.15) is 6.04 Å². The summed E-state index contributed by atoms with van der Waals surface area (Å²) in [5.41, 5.74) is 0.243. The van der Waals surface area contributed by atoms with Gasteiger partial charge in [-0.05, 0) is 25.1 Å². The predicted octanol–water partition coefficient (Wildman–Crippen LogP) is 1.45. The first-order valence-electron chi connectivity index (χ1n) is 7.96. The molecule has 138 valence electrons. The third kappa shape index (κ3) is 4.65. The molecule has 0 aliphatic carbocycles. The van der Waals surface area contributed by atoms with Crippen LogP contribution in [0, 0.1) is 5.41 Å². The van der Waals surface area contributed by atoms with Gasteiger partial charge in [-0.1, -0.05) is 32.1 Å². The molecule has 2 amide bonds. The summed E-state index contributed by atoms with van der Waals surface area (Å²) in [5.74, 6) is -1.77. The molecule has 9 heteroatoms. The van der Waals surface area contributed by atoms with Gasteiger partial charge in [-0.2, -0.15) is 0 Å². The highest BCUT2D eigenvalue weighted by molar-refractivity contribution is 5.97. The Morgan fingerprint density at radius 1 is 1.23 bits per heavy atom. The second-order valence-corrected chi connectivity index (χ2v) is 6.84. The van der Waals surface area contributed by atoms with Gasteiger partial charge in [0.2, 0.25) is 11.8 Å². The van der Waals surface area contributed by atoms with Gasteiger partial charge in [0, 0.05) is 11.1 Å². The van der Waals surface area contributed by atoms with Crippen molar-refractivity contribution in [2.24, 2.45) is 5.41 Å². The maximum absolute atomic E-state index is 12.3. The first-order chi connectivity index (χ1) is 12.1. The molecule has 0 aliphatic rings. The number of aromatic carboxylic acids is 1. The molecule has 1 unspecified atom stereocenters. The van der Waals surface area contributed by atoms with Gasteiger partial charge < -0.3 is 15.7 Å². The number of hydrogen-bond donors (Lipinski definition) is 3. The second-order valence-electron chi connectivity index (χ2n) is 6.84. The Labute approximate surface area is 150 Å². The Morgan fingerprint density at radius 2 is 1.92 bits per heavy atom. The number of benzene rings is 1. The molecule has 0 radical (unpaired) electrons. The summed E-state index contributed by atoms with van der Waals surface area (Å²) in [4.78, 5) is 35.1. The van der Waals surface area contributed by atoms with Crippen LogP contribution in [0.5, 0.6) is 0 Å². The van der Waals surface area contributed by atoms with Crippen LogP contribution < -0.4 is 10.6 Å². The lowest BCUT2D eigenvalue weighted by molar-refractivity contribution is -0.131. The van der Waals surface area contributed by atoms with Crippen molar-refractivity contribution < 1.29 is 19.5 Å². The average Bonchev–Trinajstić information content (AvgIpc) is 3.04. The molecule has 0 bridgehead atoms. The third-order valence-electron chi connectivity index (χ3n) is 3.51. The van der Waals surface area contributed by atoms with Crippen molar-refractivity contribution >= 4 is 23.5 Å². The first kappa shape index (κ1) is 19.1. The van der Waals surface area contributed by atoms with Crippen LogP contribution in [0.25, 0.3) is 5.69 Å². The summed E-state index contributed by atoms with van der Waals surface area (Å²) in [6.07, 6.45) is 1.27. The summed E-state index contributed by atoms with van der Waals surface area (Å²) in [5, 5.41) is 21.6. The molecule has 1 heterocycles. The Kier molecular flexibility index (Phi) is 5.39. The van der Waals surface area contributed by atoms with Gasteiger partial charge in [-0.25, -0.2) is 9.48 Å². The third-order valence-corrected chi connectivity index (χ3v) is 3.51. The molecule has 0 fully saturated rings. The van der Waals surface area contributed by atoms with E-state index in [1.165, 1.54) is 10.9 Å². The largest absolute Gasteiger partial charge is 0.476 e. The van der Waals surface area contributed by atoms with Crippen LogP contribution in [0.15, 0.2) is 30.5 Å². The molecular weight excluding hydrogens is 338 g/mol. The SMILES string of the molecule is CC(NC(=O)C(C)(C)C)C(=O)Nc1cccc(-n2cc(C(=O)O)nn2)c1. The molecule has 0 saturated heterocycles. The molecule has 0 spiro atoms. The minimum atomic E-state index is -1.18. The van der Waals surface area contributed by atoms with E-state index in [9.17, 15) is 14.4 Å². The fourth-order valence-corrected chi connectivity index (χ4v) is 1.94. The number of carbonyl (C=O) groups is 3. The van der Waals surface area contributed by atoms with E-state index in [2.05, 4.69) is 20.9 Å². The summed E-state index contributed by atoms with van der Waals surface area (Å²) in [7, 11) is 0. The molecule has 1 aromatic carbocycles. The van der Waals surface area contributed by atoms with Crippen LogP contribution in [-0.2, 0) is 9.59 Å². The van der Waals surface area contributed by atoms with E-state index >= 15 is 0 Å². The van der Waals surface area contributed by atoms with Gasteiger partial charge >= 0.3 is 5.97 Å². The molecule has 3 N–H and O–H groups in total. The lowest BCUT2D eigenvalue weighted by Gasteiger charge is -2.21. The van der Waals surface area contributed by atoms with Crippen LogP contribution >= 0.6 is 0 Å². The van der Waals surface area contributed by atoms with Crippen molar-refractivity contribution in [2.75, 3.05) is 5.32 Å². The quantitative estimate of drug-likeness (QED) is 0.742. The summed E-state index contributed by atoms with van der Waals surface area (Å²) < 4.78 is 1.30. The second kappa shape index (κ2) is 7.34. The highest BCUT2D eigenvalue weighted by atomic mass is 16.4. The Hall–Kier alpha value is -3.23. The standard InChI is InChI=1S/C17H21N5O4/c1-10(18-16(26)17(2,3)4)14(23)19-11-6-5-7-12(8-11)22-9-13(15(24)25)20-21-22/h5-10H,1-4H3,(H,18,26)(H,19,23)(H,24,25). The lowest BCUT2D eigenvalue weighted by Crippen LogP contribution is -2.46. The minimum Gasteiger partial charge on any atom is -0.476 e. The van der Waals surface area contributed by atoms with Crippen molar-refractivity contribution in [1.29, 1.82) is 0 Å². The smallest absolute Gasteiger partial charge is 0.358 e. The first-order valence-corrected chi connectivity index (χ1v) is 7.96. The number of aromatic nitrogens is 3. The number of amides is 2. The van der Waals surface area contributed by atoms with Gasteiger partial charge in [-0.15, -0.1) is 5.10 Å². The molecule has 1 atom stereocenters. The Balaban J connectivity index is 2.09. The predicted molar refractivity (Wildman–Crippen MR) is 94.0 cm³/mol. The van der Waals surface area contributed by atoms with E-state index in [4.69, 9.17) is 5.11 Å². The average molecular weight is 359 g/mol. The zero-order valence-electron chi connectivity index (χ0n) is 15.0. The van der Waals surface area contributed by atoms with Crippen LogP contribution in [0.1, 0.15) is 38.2 Å². The van der Waals surface area contributed by atoms with E-state index < -0.39 is 17.4 Å². The van der Waals surface area contributed by atoms with E-state index in [1.54, 1.807) is 52.0 Å². The van der Waals surface area contributed by atoms with Gasteiger partial charge in [0.25, 0.3) is 0 Å². The number of carboxylic acid groups (broad SMARTS) is 1. The van der Waals surface area contributed by atoms with E-state index in [-0.39, 0.29) is 17.5 Å². The molecule has 0 saturated carbocycles. The number of anilines is 1. The molecule has 1 aromatic heterocycles. The summed E-state index contributed by atoms with van der Waals surface area (Å²) >= 11 is 0. The number of carbonyl (C=O) groups excluding carboxylic acids is 2. The maximum Gasteiger partial charge on any atom is 0.358 e. The molecule has 2 rings (SSSR count). The van der Waals surface area contributed by atoms with Crippen molar-refractivity contribution in [1.82, 2.24) is 20.3 Å². The van der Waals surface area contributed by atoms with Gasteiger partial charge in [0.15, 0.2) is 5.69 Å². The molecule has 2 aromatic rings. The number of nitrogens with zero attached hydrogens (tertiary/aromatic N) is 3.